The third kappa shape index (κ3) is 2.93. The van der Waals surface area contributed by atoms with E-state index in [9.17, 15) is 0 Å². The SMILES string of the molecule is CCOC1(C(NC)c2cccc(OC)c2)CCCC1. The third-order valence-corrected chi connectivity index (χ3v) is 4.12. The van der Waals surface area contributed by atoms with Crippen molar-refractivity contribution in [2.45, 2.75) is 44.2 Å². The average Bonchev–Trinajstić information content (AvgIpc) is 2.90. The summed E-state index contributed by atoms with van der Waals surface area (Å²) in [7, 11) is 3.73. The summed E-state index contributed by atoms with van der Waals surface area (Å²) in [5.41, 5.74) is 1.19. The largest absolute Gasteiger partial charge is 0.497 e. The van der Waals surface area contributed by atoms with Crippen molar-refractivity contribution < 1.29 is 9.47 Å². The number of methoxy groups -OCH3 is 1. The summed E-state index contributed by atoms with van der Waals surface area (Å²) in [4.78, 5) is 0. The van der Waals surface area contributed by atoms with Gasteiger partial charge in [0.1, 0.15) is 5.75 Å². The molecule has 1 saturated carbocycles. The van der Waals surface area contributed by atoms with E-state index in [-0.39, 0.29) is 11.6 Å². The van der Waals surface area contributed by atoms with Crippen molar-refractivity contribution >= 4 is 0 Å². The average molecular weight is 263 g/mol. The second-order valence-electron chi connectivity index (χ2n) is 5.20. The molecule has 0 aliphatic heterocycles. The van der Waals surface area contributed by atoms with E-state index >= 15 is 0 Å². The third-order valence-electron chi connectivity index (χ3n) is 4.12. The molecule has 0 heterocycles. The van der Waals surface area contributed by atoms with Crippen LogP contribution in [0.4, 0.5) is 0 Å². The van der Waals surface area contributed by atoms with E-state index in [2.05, 4.69) is 24.4 Å². The number of rotatable bonds is 6. The lowest BCUT2D eigenvalue weighted by Crippen LogP contribution is -2.43. The Morgan fingerprint density at radius 1 is 1.32 bits per heavy atom. The fourth-order valence-electron chi connectivity index (χ4n) is 3.33. The van der Waals surface area contributed by atoms with E-state index in [1.54, 1.807) is 7.11 Å². The predicted molar refractivity (Wildman–Crippen MR) is 77.6 cm³/mol. The van der Waals surface area contributed by atoms with Gasteiger partial charge in [-0.25, -0.2) is 0 Å². The Hall–Kier alpha value is -1.06. The molecule has 1 aromatic carbocycles. The van der Waals surface area contributed by atoms with Crippen LogP contribution in [-0.4, -0.2) is 26.4 Å². The molecule has 0 saturated heterocycles. The zero-order valence-corrected chi connectivity index (χ0v) is 12.2. The minimum absolute atomic E-state index is 0.0597. The maximum atomic E-state index is 6.17. The van der Waals surface area contributed by atoms with Gasteiger partial charge in [-0.15, -0.1) is 0 Å². The van der Waals surface area contributed by atoms with Gasteiger partial charge in [0, 0.05) is 6.61 Å². The van der Waals surface area contributed by atoms with Gasteiger partial charge in [0.25, 0.3) is 0 Å². The maximum Gasteiger partial charge on any atom is 0.119 e. The van der Waals surface area contributed by atoms with Crippen LogP contribution in [0.3, 0.4) is 0 Å². The number of ether oxygens (including phenoxy) is 2. The summed E-state index contributed by atoms with van der Waals surface area (Å²) in [6.45, 7) is 2.85. The lowest BCUT2D eigenvalue weighted by atomic mass is 9.86. The molecule has 1 fully saturated rings. The molecule has 2 rings (SSSR count). The molecule has 1 unspecified atom stereocenters. The first-order valence-electron chi connectivity index (χ1n) is 7.21. The molecule has 106 valence electrons. The molecule has 0 radical (unpaired) electrons. The van der Waals surface area contributed by atoms with Crippen LogP contribution < -0.4 is 10.1 Å². The fourth-order valence-corrected chi connectivity index (χ4v) is 3.33. The van der Waals surface area contributed by atoms with Gasteiger partial charge in [-0.3, -0.25) is 0 Å². The van der Waals surface area contributed by atoms with Crippen molar-refractivity contribution in [3.8, 4) is 5.75 Å². The lowest BCUT2D eigenvalue weighted by Gasteiger charge is -2.37. The first kappa shape index (κ1) is 14.4. The molecule has 1 atom stereocenters. The first-order chi connectivity index (χ1) is 9.25. The highest BCUT2D eigenvalue weighted by Crippen LogP contribution is 2.43. The molecule has 3 nitrogen and oxygen atoms in total. The molecular weight excluding hydrogens is 238 g/mol. The normalized spacial score (nSPS) is 19.3. The second kappa shape index (κ2) is 6.40. The molecule has 19 heavy (non-hydrogen) atoms. The van der Waals surface area contributed by atoms with E-state index in [1.165, 1.54) is 18.4 Å². The molecule has 0 amide bonds. The smallest absolute Gasteiger partial charge is 0.119 e. The Morgan fingerprint density at radius 2 is 2.05 bits per heavy atom. The van der Waals surface area contributed by atoms with E-state index in [4.69, 9.17) is 9.47 Å². The summed E-state index contributed by atoms with van der Waals surface area (Å²) in [5.74, 6) is 0.905. The van der Waals surface area contributed by atoms with Crippen LogP contribution in [0, 0.1) is 0 Å². The van der Waals surface area contributed by atoms with Gasteiger partial charge in [0.2, 0.25) is 0 Å². The topological polar surface area (TPSA) is 30.5 Å². The Morgan fingerprint density at radius 3 is 2.63 bits per heavy atom. The number of hydrogen-bond donors (Lipinski definition) is 1. The van der Waals surface area contributed by atoms with Crippen LogP contribution in [0.1, 0.15) is 44.2 Å². The highest BCUT2D eigenvalue weighted by molar-refractivity contribution is 5.32. The molecule has 3 heteroatoms. The van der Waals surface area contributed by atoms with Gasteiger partial charge >= 0.3 is 0 Å². The molecule has 0 bridgehead atoms. The minimum Gasteiger partial charge on any atom is -0.497 e. The summed E-state index contributed by atoms with van der Waals surface area (Å²) in [6, 6.07) is 8.53. The second-order valence-corrected chi connectivity index (χ2v) is 5.20. The van der Waals surface area contributed by atoms with Crippen molar-refractivity contribution in [1.82, 2.24) is 5.32 Å². The standard InChI is InChI=1S/C16H25NO2/c1-4-19-16(10-5-6-11-16)15(17-2)13-8-7-9-14(12-13)18-3/h7-9,12,15,17H,4-6,10-11H2,1-3H3. The van der Waals surface area contributed by atoms with Crippen LogP contribution in [0.15, 0.2) is 24.3 Å². The Kier molecular flexibility index (Phi) is 4.83. The maximum absolute atomic E-state index is 6.17. The van der Waals surface area contributed by atoms with Crippen LogP contribution in [-0.2, 0) is 4.74 Å². The summed E-state index contributed by atoms with van der Waals surface area (Å²) in [6.07, 6.45) is 4.76. The fraction of sp³-hybridized carbons (Fsp3) is 0.625. The Labute approximate surface area is 116 Å². The van der Waals surface area contributed by atoms with Gasteiger partial charge in [0.15, 0.2) is 0 Å². The van der Waals surface area contributed by atoms with Gasteiger partial charge in [-0.1, -0.05) is 25.0 Å². The van der Waals surface area contributed by atoms with Crippen molar-refractivity contribution in [2.24, 2.45) is 0 Å². The quantitative estimate of drug-likeness (QED) is 0.854. The van der Waals surface area contributed by atoms with Gasteiger partial charge in [0.05, 0.1) is 18.8 Å². The molecule has 1 aromatic rings. The molecular formula is C16H25NO2. The predicted octanol–water partition coefficient (Wildman–Crippen LogP) is 3.31. The van der Waals surface area contributed by atoms with Gasteiger partial charge in [-0.05, 0) is 44.5 Å². The molecule has 1 N–H and O–H groups in total. The molecule has 0 spiro atoms. The summed E-state index contributed by atoms with van der Waals surface area (Å²) >= 11 is 0. The van der Waals surface area contributed by atoms with E-state index in [0.717, 1.165) is 25.2 Å². The number of nitrogens with one attached hydrogen (secondary N) is 1. The van der Waals surface area contributed by atoms with Crippen molar-refractivity contribution in [3.63, 3.8) is 0 Å². The monoisotopic (exact) mass is 263 g/mol. The number of hydrogen-bond acceptors (Lipinski definition) is 3. The molecule has 1 aliphatic rings. The molecule has 0 aromatic heterocycles. The van der Waals surface area contributed by atoms with Gasteiger partial charge < -0.3 is 14.8 Å². The summed E-state index contributed by atoms with van der Waals surface area (Å²) < 4.78 is 11.5. The van der Waals surface area contributed by atoms with E-state index < -0.39 is 0 Å². The zero-order valence-electron chi connectivity index (χ0n) is 12.2. The number of benzene rings is 1. The Bertz CT molecular complexity index is 399. The highest BCUT2D eigenvalue weighted by Gasteiger charge is 2.42. The van der Waals surface area contributed by atoms with E-state index in [1.807, 2.05) is 19.2 Å². The van der Waals surface area contributed by atoms with Crippen molar-refractivity contribution in [2.75, 3.05) is 20.8 Å². The first-order valence-corrected chi connectivity index (χ1v) is 7.21. The zero-order chi connectivity index (χ0) is 13.7. The van der Waals surface area contributed by atoms with Crippen molar-refractivity contribution in [1.29, 1.82) is 0 Å². The summed E-state index contributed by atoms with van der Waals surface area (Å²) in [5, 5.41) is 3.46. The van der Waals surface area contributed by atoms with E-state index in [0.29, 0.717) is 0 Å². The minimum atomic E-state index is -0.0597. The Balaban J connectivity index is 2.31. The van der Waals surface area contributed by atoms with Crippen LogP contribution >= 0.6 is 0 Å². The lowest BCUT2D eigenvalue weighted by molar-refractivity contribution is -0.0610. The highest BCUT2D eigenvalue weighted by atomic mass is 16.5. The molecule has 1 aliphatic carbocycles. The van der Waals surface area contributed by atoms with Crippen molar-refractivity contribution in [3.05, 3.63) is 29.8 Å². The van der Waals surface area contributed by atoms with Crippen LogP contribution in [0.25, 0.3) is 0 Å². The van der Waals surface area contributed by atoms with Gasteiger partial charge in [-0.2, -0.15) is 0 Å². The van der Waals surface area contributed by atoms with Crippen LogP contribution in [0.2, 0.25) is 0 Å². The van der Waals surface area contributed by atoms with Crippen LogP contribution in [0.5, 0.6) is 5.75 Å². The number of likely N-dealkylation sites (N-methyl/N-ethyl adjacent to an activating group) is 1.